The van der Waals surface area contributed by atoms with Crippen molar-refractivity contribution in [3.8, 4) is 0 Å². The first-order valence-corrected chi connectivity index (χ1v) is 8.45. The van der Waals surface area contributed by atoms with Gasteiger partial charge in [-0.3, -0.25) is 4.99 Å². The first-order chi connectivity index (χ1) is 11.6. The highest BCUT2D eigenvalue weighted by molar-refractivity contribution is 5.79. The summed E-state index contributed by atoms with van der Waals surface area (Å²) in [6.45, 7) is 3.51. The molecule has 0 aliphatic heterocycles. The maximum absolute atomic E-state index is 4.31. The number of hydrogen-bond donors (Lipinski definition) is 2. The summed E-state index contributed by atoms with van der Waals surface area (Å²) >= 11 is 0. The maximum atomic E-state index is 4.31. The fourth-order valence-electron chi connectivity index (χ4n) is 2.88. The Morgan fingerprint density at radius 2 is 1.96 bits per heavy atom. The average Bonchev–Trinajstić information content (AvgIpc) is 3.29. The third kappa shape index (κ3) is 3.93. The molecular weight excluding hydrogens is 300 g/mol. The molecule has 1 aromatic carbocycles. The number of aliphatic imine (C=N–C) groups is 1. The van der Waals surface area contributed by atoms with Crippen LogP contribution in [0, 0.1) is 12.3 Å². The van der Waals surface area contributed by atoms with Gasteiger partial charge in [-0.15, -0.1) is 10.2 Å². The van der Waals surface area contributed by atoms with Gasteiger partial charge < -0.3 is 15.2 Å². The first-order valence-electron chi connectivity index (χ1n) is 8.45. The lowest BCUT2D eigenvalue weighted by Crippen LogP contribution is -2.40. The van der Waals surface area contributed by atoms with E-state index < -0.39 is 0 Å². The van der Waals surface area contributed by atoms with Crippen LogP contribution in [0.5, 0.6) is 0 Å². The molecule has 0 unspecified atom stereocenters. The normalized spacial score (nSPS) is 16.0. The van der Waals surface area contributed by atoms with E-state index in [1.165, 1.54) is 18.4 Å². The molecule has 3 rings (SSSR count). The fourth-order valence-corrected chi connectivity index (χ4v) is 2.88. The van der Waals surface area contributed by atoms with Gasteiger partial charge in [0.25, 0.3) is 0 Å². The monoisotopic (exact) mass is 326 g/mol. The fraction of sp³-hybridized carbons (Fsp3) is 0.500. The number of nitrogens with one attached hydrogen (secondary N) is 2. The molecule has 0 amide bonds. The van der Waals surface area contributed by atoms with E-state index >= 15 is 0 Å². The zero-order valence-electron chi connectivity index (χ0n) is 14.7. The molecule has 128 valence electrons. The molecule has 1 aliphatic rings. The average molecular weight is 326 g/mol. The quantitative estimate of drug-likeness (QED) is 0.628. The molecule has 6 nitrogen and oxygen atoms in total. The van der Waals surface area contributed by atoms with Crippen LogP contribution in [0.3, 0.4) is 0 Å². The minimum absolute atomic E-state index is 0.375. The first kappa shape index (κ1) is 16.5. The van der Waals surface area contributed by atoms with Gasteiger partial charge in [0.2, 0.25) is 0 Å². The Bertz CT molecular complexity index is 700. The molecule has 0 saturated heterocycles. The van der Waals surface area contributed by atoms with Crippen LogP contribution in [0.2, 0.25) is 0 Å². The minimum atomic E-state index is 0.375. The van der Waals surface area contributed by atoms with Crippen LogP contribution in [0.25, 0.3) is 0 Å². The van der Waals surface area contributed by atoms with Gasteiger partial charge in [-0.05, 0) is 37.2 Å². The van der Waals surface area contributed by atoms with Crippen molar-refractivity contribution in [1.29, 1.82) is 0 Å². The van der Waals surface area contributed by atoms with Crippen LogP contribution < -0.4 is 10.6 Å². The molecule has 1 fully saturated rings. The van der Waals surface area contributed by atoms with Crippen molar-refractivity contribution >= 4 is 5.96 Å². The molecule has 0 atom stereocenters. The van der Waals surface area contributed by atoms with Gasteiger partial charge in [-0.1, -0.05) is 30.3 Å². The van der Waals surface area contributed by atoms with Crippen molar-refractivity contribution in [2.45, 2.75) is 32.7 Å². The summed E-state index contributed by atoms with van der Waals surface area (Å²) in [4.78, 5) is 4.31. The second kappa shape index (κ2) is 7.03. The Kier molecular flexibility index (Phi) is 4.83. The lowest BCUT2D eigenvalue weighted by Gasteiger charge is -2.18. The van der Waals surface area contributed by atoms with Gasteiger partial charge in [0.1, 0.15) is 5.82 Å². The van der Waals surface area contributed by atoms with Gasteiger partial charge >= 0.3 is 0 Å². The Hall–Kier alpha value is -2.37. The molecule has 0 spiro atoms. The molecule has 1 heterocycles. The Balaban J connectivity index is 1.50. The summed E-state index contributed by atoms with van der Waals surface area (Å²) in [7, 11) is 3.77. The van der Waals surface area contributed by atoms with E-state index in [2.05, 4.69) is 56.2 Å². The summed E-state index contributed by atoms with van der Waals surface area (Å²) < 4.78 is 1.98. The highest BCUT2D eigenvalue weighted by Crippen LogP contribution is 2.47. The number of guanidine groups is 1. The Morgan fingerprint density at radius 3 is 2.54 bits per heavy atom. The van der Waals surface area contributed by atoms with E-state index in [1.54, 1.807) is 7.05 Å². The van der Waals surface area contributed by atoms with Crippen molar-refractivity contribution < 1.29 is 0 Å². The third-order valence-corrected chi connectivity index (χ3v) is 4.83. The maximum Gasteiger partial charge on any atom is 0.191 e. The van der Waals surface area contributed by atoms with E-state index in [1.807, 2.05) is 18.5 Å². The number of hydrogen-bond acceptors (Lipinski definition) is 3. The summed E-state index contributed by atoms with van der Waals surface area (Å²) in [5, 5.41) is 15.0. The topological polar surface area (TPSA) is 67.1 Å². The third-order valence-electron chi connectivity index (χ3n) is 4.83. The van der Waals surface area contributed by atoms with E-state index in [-0.39, 0.29) is 0 Å². The number of aryl methyl sites for hydroxylation is 1. The summed E-state index contributed by atoms with van der Waals surface area (Å²) in [5.74, 6) is 2.63. The summed E-state index contributed by atoms with van der Waals surface area (Å²) in [6.07, 6.45) is 3.67. The van der Waals surface area contributed by atoms with Crippen molar-refractivity contribution in [2.75, 3.05) is 13.6 Å². The van der Waals surface area contributed by atoms with Crippen LogP contribution in [-0.2, 0) is 20.0 Å². The molecule has 1 aliphatic carbocycles. The molecule has 24 heavy (non-hydrogen) atoms. The lowest BCUT2D eigenvalue weighted by molar-refractivity contribution is 0.492. The highest BCUT2D eigenvalue weighted by atomic mass is 15.3. The number of aromatic nitrogens is 3. The standard InChI is InChI=1S/C18H26N6/c1-14-22-23-16(24(14)3)12-20-17(19-2)21-13-18(9-10-18)11-15-7-5-4-6-8-15/h4-8H,9-13H2,1-3H3,(H2,19,20,21). The molecule has 6 heteroatoms. The van der Waals surface area contributed by atoms with Crippen LogP contribution in [-0.4, -0.2) is 34.3 Å². The zero-order chi connectivity index (χ0) is 17.0. The molecule has 1 saturated carbocycles. The molecule has 2 N–H and O–H groups in total. The second-order valence-electron chi connectivity index (χ2n) is 6.66. The molecule has 1 aromatic heterocycles. The van der Waals surface area contributed by atoms with Gasteiger partial charge in [-0.25, -0.2) is 0 Å². The zero-order valence-corrected chi connectivity index (χ0v) is 14.7. The molecule has 2 aromatic rings. The van der Waals surface area contributed by atoms with Crippen molar-refractivity contribution in [3.05, 3.63) is 47.5 Å². The van der Waals surface area contributed by atoms with E-state index in [0.717, 1.165) is 30.6 Å². The van der Waals surface area contributed by atoms with Crippen LogP contribution in [0.1, 0.15) is 30.1 Å². The van der Waals surface area contributed by atoms with Crippen LogP contribution in [0.4, 0.5) is 0 Å². The predicted molar refractivity (Wildman–Crippen MR) is 95.8 cm³/mol. The second-order valence-corrected chi connectivity index (χ2v) is 6.66. The summed E-state index contributed by atoms with van der Waals surface area (Å²) in [5.41, 5.74) is 1.79. The number of benzene rings is 1. The van der Waals surface area contributed by atoms with Crippen LogP contribution in [0.15, 0.2) is 35.3 Å². The lowest BCUT2D eigenvalue weighted by atomic mass is 9.96. The number of rotatable bonds is 6. The number of nitrogens with zero attached hydrogens (tertiary/aromatic N) is 4. The SMILES string of the molecule is CN=C(NCc1nnc(C)n1C)NCC1(Cc2ccccc2)CC1. The van der Waals surface area contributed by atoms with Crippen LogP contribution >= 0.6 is 0 Å². The van der Waals surface area contributed by atoms with Gasteiger partial charge in [-0.2, -0.15) is 0 Å². The molecule has 0 bridgehead atoms. The van der Waals surface area contributed by atoms with E-state index in [4.69, 9.17) is 0 Å². The van der Waals surface area contributed by atoms with Crippen molar-refractivity contribution in [2.24, 2.45) is 17.5 Å². The van der Waals surface area contributed by atoms with E-state index in [0.29, 0.717) is 12.0 Å². The smallest absolute Gasteiger partial charge is 0.191 e. The summed E-state index contributed by atoms with van der Waals surface area (Å²) in [6, 6.07) is 10.7. The van der Waals surface area contributed by atoms with Gasteiger partial charge in [0.05, 0.1) is 6.54 Å². The Morgan fingerprint density at radius 1 is 1.21 bits per heavy atom. The van der Waals surface area contributed by atoms with E-state index in [9.17, 15) is 0 Å². The van der Waals surface area contributed by atoms with Crippen molar-refractivity contribution in [1.82, 2.24) is 25.4 Å². The highest BCUT2D eigenvalue weighted by Gasteiger charge is 2.42. The molecule has 0 radical (unpaired) electrons. The Labute approximate surface area is 143 Å². The predicted octanol–water partition coefficient (Wildman–Crippen LogP) is 1.81. The molecular formula is C18H26N6. The van der Waals surface area contributed by atoms with Gasteiger partial charge in [0, 0.05) is 20.6 Å². The largest absolute Gasteiger partial charge is 0.356 e. The van der Waals surface area contributed by atoms with Gasteiger partial charge in [0.15, 0.2) is 11.8 Å². The minimum Gasteiger partial charge on any atom is -0.356 e. The van der Waals surface area contributed by atoms with Crippen molar-refractivity contribution in [3.63, 3.8) is 0 Å².